The van der Waals surface area contributed by atoms with E-state index < -0.39 is 6.09 Å². The Balaban J connectivity index is 1.86. The first-order valence-electron chi connectivity index (χ1n) is 12.9. The summed E-state index contributed by atoms with van der Waals surface area (Å²) in [5.74, 6) is 0.169. The monoisotopic (exact) mass is 424 g/mol. The minimum atomic E-state index is -0.859. The van der Waals surface area contributed by atoms with Crippen LogP contribution in [0.25, 0.3) is 0 Å². The summed E-state index contributed by atoms with van der Waals surface area (Å²) in [5.41, 5.74) is 0. The normalized spacial score (nSPS) is 13.9. The number of carbonyl (C=O) groups excluding carboxylic acids is 1. The van der Waals surface area contributed by atoms with Gasteiger partial charge in [-0.3, -0.25) is 4.79 Å². The molecular weight excluding hydrogens is 376 g/mol. The van der Waals surface area contributed by atoms with Crippen LogP contribution >= 0.6 is 0 Å². The Morgan fingerprint density at radius 3 is 1.67 bits per heavy atom. The number of likely N-dealkylation sites (tertiary alicyclic amines) is 1. The van der Waals surface area contributed by atoms with E-state index in [-0.39, 0.29) is 5.91 Å². The maximum absolute atomic E-state index is 11.6. The highest BCUT2D eigenvalue weighted by Gasteiger charge is 2.21. The molecule has 176 valence electrons. The van der Waals surface area contributed by atoms with Gasteiger partial charge in [0, 0.05) is 32.6 Å². The standard InChI is InChI=1S/C25H48N2O3/c1-2-3-4-5-6-7-8-9-10-11-12-13-14-15-16-17-20-27(25(29)30)23-22-26-21-18-19-24(26)28/h2-23H2,1H3,(H,29,30). The van der Waals surface area contributed by atoms with Gasteiger partial charge in [-0.15, -0.1) is 0 Å². The molecule has 1 aliphatic rings. The minimum absolute atomic E-state index is 0.169. The van der Waals surface area contributed by atoms with Crippen LogP contribution in [0.4, 0.5) is 4.79 Å². The van der Waals surface area contributed by atoms with Crippen LogP contribution in [0, 0.1) is 0 Å². The van der Waals surface area contributed by atoms with Crippen molar-refractivity contribution in [1.29, 1.82) is 0 Å². The molecular formula is C25H48N2O3. The summed E-state index contributed by atoms with van der Waals surface area (Å²) in [4.78, 5) is 26.3. The smallest absolute Gasteiger partial charge is 0.407 e. The molecule has 1 fully saturated rings. The highest BCUT2D eigenvalue weighted by molar-refractivity contribution is 5.78. The Bertz CT molecular complexity index is 442. The molecule has 0 atom stereocenters. The first-order valence-corrected chi connectivity index (χ1v) is 12.9. The number of rotatable bonds is 20. The van der Waals surface area contributed by atoms with E-state index in [0.717, 1.165) is 25.8 Å². The molecule has 5 nitrogen and oxygen atoms in total. The third kappa shape index (κ3) is 13.9. The second-order valence-corrected chi connectivity index (χ2v) is 9.06. The highest BCUT2D eigenvalue weighted by atomic mass is 16.4. The second-order valence-electron chi connectivity index (χ2n) is 9.06. The fourth-order valence-corrected chi connectivity index (χ4v) is 4.34. The summed E-state index contributed by atoms with van der Waals surface area (Å²) in [7, 11) is 0. The van der Waals surface area contributed by atoms with Gasteiger partial charge in [-0.05, 0) is 12.8 Å². The van der Waals surface area contributed by atoms with E-state index in [0.29, 0.717) is 26.1 Å². The topological polar surface area (TPSA) is 60.9 Å². The van der Waals surface area contributed by atoms with Crippen molar-refractivity contribution in [2.45, 2.75) is 122 Å². The zero-order valence-electron chi connectivity index (χ0n) is 19.7. The highest BCUT2D eigenvalue weighted by Crippen LogP contribution is 2.14. The molecule has 1 saturated heterocycles. The van der Waals surface area contributed by atoms with Crippen LogP contribution in [-0.4, -0.2) is 53.1 Å². The Kier molecular flexibility index (Phi) is 16.5. The molecule has 0 aliphatic carbocycles. The van der Waals surface area contributed by atoms with Crippen molar-refractivity contribution in [2.24, 2.45) is 0 Å². The molecule has 1 aliphatic heterocycles. The maximum atomic E-state index is 11.6. The van der Waals surface area contributed by atoms with Gasteiger partial charge >= 0.3 is 6.09 Å². The summed E-state index contributed by atoms with van der Waals surface area (Å²) < 4.78 is 0. The van der Waals surface area contributed by atoms with Gasteiger partial charge in [0.25, 0.3) is 0 Å². The molecule has 0 unspecified atom stereocenters. The number of unbranched alkanes of at least 4 members (excludes halogenated alkanes) is 15. The van der Waals surface area contributed by atoms with Crippen LogP contribution in [0.15, 0.2) is 0 Å². The van der Waals surface area contributed by atoms with Gasteiger partial charge < -0.3 is 14.9 Å². The third-order valence-corrected chi connectivity index (χ3v) is 6.36. The average Bonchev–Trinajstić information content (AvgIpc) is 3.14. The van der Waals surface area contributed by atoms with E-state index in [1.165, 1.54) is 94.8 Å². The molecule has 1 heterocycles. The zero-order valence-corrected chi connectivity index (χ0v) is 19.7. The minimum Gasteiger partial charge on any atom is -0.465 e. The lowest BCUT2D eigenvalue weighted by Crippen LogP contribution is -2.39. The molecule has 2 amide bonds. The van der Waals surface area contributed by atoms with E-state index in [4.69, 9.17) is 0 Å². The fraction of sp³-hybridized carbons (Fsp3) is 0.920. The van der Waals surface area contributed by atoms with Crippen molar-refractivity contribution < 1.29 is 14.7 Å². The van der Waals surface area contributed by atoms with Crippen molar-refractivity contribution in [3.63, 3.8) is 0 Å². The molecule has 0 aromatic rings. The fourth-order valence-electron chi connectivity index (χ4n) is 4.34. The zero-order chi connectivity index (χ0) is 21.9. The van der Waals surface area contributed by atoms with Gasteiger partial charge in [-0.2, -0.15) is 0 Å². The molecule has 1 N–H and O–H groups in total. The lowest BCUT2D eigenvalue weighted by atomic mass is 10.0. The lowest BCUT2D eigenvalue weighted by Gasteiger charge is -2.23. The SMILES string of the molecule is CCCCCCCCCCCCCCCCCCN(CCN1CCCC1=O)C(=O)O. The average molecular weight is 425 g/mol. The lowest BCUT2D eigenvalue weighted by molar-refractivity contribution is -0.127. The Morgan fingerprint density at radius 1 is 0.800 bits per heavy atom. The van der Waals surface area contributed by atoms with Crippen LogP contribution in [-0.2, 0) is 4.79 Å². The van der Waals surface area contributed by atoms with Gasteiger partial charge in [0.15, 0.2) is 0 Å². The number of amides is 2. The van der Waals surface area contributed by atoms with Gasteiger partial charge in [-0.1, -0.05) is 103 Å². The van der Waals surface area contributed by atoms with Gasteiger partial charge in [0.2, 0.25) is 5.91 Å². The molecule has 0 aromatic carbocycles. The third-order valence-electron chi connectivity index (χ3n) is 6.36. The first kappa shape index (κ1) is 26.8. The molecule has 5 heteroatoms. The number of hydrogen-bond acceptors (Lipinski definition) is 2. The van der Waals surface area contributed by atoms with E-state index in [2.05, 4.69) is 6.92 Å². The predicted molar refractivity (Wildman–Crippen MR) is 125 cm³/mol. The summed E-state index contributed by atoms with van der Waals surface area (Å²) in [6.45, 7) is 4.64. The quantitative estimate of drug-likeness (QED) is 0.217. The van der Waals surface area contributed by atoms with E-state index in [1.807, 2.05) is 0 Å². The number of carboxylic acid groups (broad SMARTS) is 1. The molecule has 0 bridgehead atoms. The second kappa shape index (κ2) is 18.5. The van der Waals surface area contributed by atoms with Gasteiger partial charge in [-0.25, -0.2) is 4.79 Å². The molecule has 30 heavy (non-hydrogen) atoms. The van der Waals surface area contributed by atoms with E-state index >= 15 is 0 Å². The maximum Gasteiger partial charge on any atom is 0.407 e. The van der Waals surface area contributed by atoms with Gasteiger partial charge in [0.1, 0.15) is 0 Å². The summed E-state index contributed by atoms with van der Waals surface area (Å²) in [6, 6.07) is 0. The Morgan fingerprint density at radius 2 is 1.27 bits per heavy atom. The predicted octanol–water partition coefficient (Wildman–Crippen LogP) is 6.85. The van der Waals surface area contributed by atoms with Crippen LogP contribution in [0.2, 0.25) is 0 Å². The van der Waals surface area contributed by atoms with E-state index in [9.17, 15) is 14.7 Å². The molecule has 0 spiro atoms. The van der Waals surface area contributed by atoms with Crippen molar-refractivity contribution in [2.75, 3.05) is 26.2 Å². The first-order chi connectivity index (χ1) is 14.6. The van der Waals surface area contributed by atoms with Crippen LogP contribution < -0.4 is 0 Å². The molecule has 0 saturated carbocycles. The van der Waals surface area contributed by atoms with Gasteiger partial charge in [0.05, 0.1) is 0 Å². The largest absolute Gasteiger partial charge is 0.465 e. The Labute approximate surface area is 185 Å². The van der Waals surface area contributed by atoms with Crippen molar-refractivity contribution >= 4 is 12.0 Å². The summed E-state index contributed by atoms with van der Waals surface area (Å²) >= 11 is 0. The molecule has 0 aromatic heterocycles. The molecule has 0 radical (unpaired) electrons. The molecule has 1 rings (SSSR count). The van der Waals surface area contributed by atoms with Crippen LogP contribution in [0.5, 0.6) is 0 Å². The van der Waals surface area contributed by atoms with Crippen molar-refractivity contribution in [3.8, 4) is 0 Å². The number of carbonyl (C=O) groups is 2. The van der Waals surface area contributed by atoms with E-state index in [1.54, 1.807) is 4.90 Å². The van der Waals surface area contributed by atoms with Crippen LogP contribution in [0.1, 0.15) is 122 Å². The number of nitrogens with zero attached hydrogens (tertiary/aromatic N) is 2. The van der Waals surface area contributed by atoms with Crippen LogP contribution in [0.3, 0.4) is 0 Å². The number of hydrogen-bond donors (Lipinski definition) is 1. The Hall–Kier alpha value is -1.26. The summed E-state index contributed by atoms with van der Waals surface area (Å²) in [5, 5.41) is 9.36. The summed E-state index contributed by atoms with van der Waals surface area (Å²) in [6.07, 6.45) is 21.9. The van der Waals surface area contributed by atoms with Crippen molar-refractivity contribution in [3.05, 3.63) is 0 Å². The van der Waals surface area contributed by atoms with Crippen molar-refractivity contribution in [1.82, 2.24) is 9.80 Å².